The van der Waals surface area contributed by atoms with Crippen LogP contribution in [0.2, 0.25) is 0 Å². The molecule has 0 bridgehead atoms. The second-order valence-corrected chi connectivity index (χ2v) is 8.78. The number of nitrogens with zero attached hydrogens (tertiary/aromatic N) is 2. The minimum Gasteiger partial charge on any atom is -0.380 e. The molecule has 41 heavy (non-hydrogen) atoms. The van der Waals surface area contributed by atoms with E-state index in [4.69, 9.17) is 23.9 Å². The Morgan fingerprint density at radius 1 is 0.659 bits per heavy atom. The second-order valence-electron chi connectivity index (χ2n) is 8.78. The number of ether oxygens (including phenoxy) is 3. The van der Waals surface area contributed by atoms with Crippen molar-refractivity contribution in [2.75, 3.05) is 52.7 Å². The molecule has 3 N–H and O–H groups in total. The van der Waals surface area contributed by atoms with E-state index < -0.39 is 35.9 Å². The minimum atomic E-state index is -1.13. The molecular weight excluding hydrogens is 552 g/mol. The summed E-state index contributed by atoms with van der Waals surface area (Å²) in [7, 11) is 0. The number of aliphatic hydroxyl groups excluding tert-OH is 1. The Bertz CT molecular complexity index is 929. The van der Waals surface area contributed by atoms with E-state index >= 15 is 0 Å². The third-order valence-electron chi connectivity index (χ3n) is 5.52. The number of imide groups is 1. The van der Waals surface area contributed by atoms with Crippen LogP contribution in [0.25, 0.3) is 0 Å². The zero-order valence-corrected chi connectivity index (χ0v) is 22.6. The lowest BCUT2D eigenvalue weighted by atomic mass is 10.4. The van der Waals surface area contributed by atoms with E-state index in [1.165, 1.54) is 0 Å². The first-order valence-corrected chi connectivity index (χ1v) is 13.2. The molecule has 0 saturated carbocycles. The fourth-order valence-electron chi connectivity index (χ4n) is 3.37. The van der Waals surface area contributed by atoms with Crippen molar-refractivity contribution < 1.29 is 62.6 Å². The molecular formula is C24H36N4O13. The number of hydrogen-bond acceptors (Lipinski definition) is 13. The minimum absolute atomic E-state index is 0.00926. The SMILES string of the molecule is O=C(CCOCCC(=O)NCCOCCC(=O)ON1C(=O)CCC1O)NCCOCCC(=O)ON1C(=O)CCC1=O. The molecule has 2 aliphatic heterocycles. The molecule has 230 valence electrons. The van der Waals surface area contributed by atoms with E-state index in [1.54, 1.807) is 0 Å². The fraction of sp³-hybridized carbons (Fsp3) is 0.708. The molecule has 2 aliphatic rings. The van der Waals surface area contributed by atoms with Crippen LogP contribution in [0, 0.1) is 0 Å². The van der Waals surface area contributed by atoms with Crippen molar-refractivity contribution in [3.63, 3.8) is 0 Å². The van der Waals surface area contributed by atoms with Crippen LogP contribution in [-0.4, -0.2) is 116 Å². The van der Waals surface area contributed by atoms with Crippen molar-refractivity contribution in [3.8, 4) is 0 Å². The largest absolute Gasteiger partial charge is 0.380 e. The Morgan fingerprint density at radius 2 is 1.12 bits per heavy atom. The van der Waals surface area contributed by atoms with Gasteiger partial charge in [-0.2, -0.15) is 0 Å². The molecule has 5 amide bonds. The van der Waals surface area contributed by atoms with Crippen LogP contribution in [0.1, 0.15) is 51.4 Å². The van der Waals surface area contributed by atoms with Crippen LogP contribution in [0.5, 0.6) is 0 Å². The van der Waals surface area contributed by atoms with E-state index in [1.807, 2.05) is 0 Å². The maximum Gasteiger partial charge on any atom is 0.335 e. The van der Waals surface area contributed by atoms with Gasteiger partial charge in [0, 0.05) is 51.6 Å². The summed E-state index contributed by atoms with van der Waals surface area (Å²) >= 11 is 0. The number of hydroxylamine groups is 4. The van der Waals surface area contributed by atoms with Crippen molar-refractivity contribution in [2.24, 2.45) is 0 Å². The highest BCUT2D eigenvalue weighted by Crippen LogP contribution is 2.17. The van der Waals surface area contributed by atoms with Gasteiger partial charge in [-0.1, -0.05) is 0 Å². The zero-order valence-electron chi connectivity index (χ0n) is 22.6. The van der Waals surface area contributed by atoms with Gasteiger partial charge in [-0.15, -0.1) is 10.1 Å². The quantitative estimate of drug-likeness (QED) is 0.102. The summed E-state index contributed by atoms with van der Waals surface area (Å²) in [6.45, 7) is 0.928. The van der Waals surface area contributed by atoms with E-state index in [0.717, 1.165) is 0 Å². The number of aliphatic hydroxyl groups is 1. The van der Waals surface area contributed by atoms with Crippen LogP contribution in [0.15, 0.2) is 0 Å². The molecule has 2 fully saturated rings. The highest BCUT2D eigenvalue weighted by molar-refractivity contribution is 6.01. The summed E-state index contributed by atoms with van der Waals surface area (Å²) in [5.41, 5.74) is 0. The molecule has 17 heteroatoms. The third kappa shape index (κ3) is 13.5. The van der Waals surface area contributed by atoms with Gasteiger partial charge < -0.3 is 39.6 Å². The predicted molar refractivity (Wildman–Crippen MR) is 132 cm³/mol. The Hall–Kier alpha value is -3.67. The van der Waals surface area contributed by atoms with Gasteiger partial charge in [-0.25, -0.2) is 9.59 Å². The number of carbonyl (C=O) groups is 7. The lowest BCUT2D eigenvalue weighted by Crippen LogP contribution is -2.35. The molecule has 2 saturated heterocycles. The van der Waals surface area contributed by atoms with E-state index in [9.17, 15) is 38.7 Å². The van der Waals surface area contributed by atoms with Gasteiger partial charge in [0.25, 0.3) is 17.7 Å². The van der Waals surface area contributed by atoms with Crippen molar-refractivity contribution in [1.29, 1.82) is 0 Å². The van der Waals surface area contributed by atoms with E-state index in [0.29, 0.717) is 10.1 Å². The molecule has 1 unspecified atom stereocenters. The number of nitrogens with one attached hydrogen (secondary N) is 2. The van der Waals surface area contributed by atoms with Crippen LogP contribution >= 0.6 is 0 Å². The average Bonchev–Trinajstić information content (AvgIpc) is 3.42. The molecule has 17 nitrogen and oxygen atoms in total. The Labute approximate surface area is 235 Å². The Morgan fingerprint density at radius 3 is 1.61 bits per heavy atom. The smallest absolute Gasteiger partial charge is 0.335 e. The normalized spacial score (nSPS) is 16.7. The number of rotatable bonds is 20. The fourth-order valence-corrected chi connectivity index (χ4v) is 3.37. The molecule has 0 aromatic heterocycles. The highest BCUT2D eigenvalue weighted by Gasteiger charge is 2.33. The summed E-state index contributed by atoms with van der Waals surface area (Å²) in [5.74, 6) is -3.62. The van der Waals surface area contributed by atoms with Crippen LogP contribution in [-0.2, 0) is 57.4 Å². The van der Waals surface area contributed by atoms with E-state index in [-0.39, 0.29) is 116 Å². The topological polar surface area (TPSA) is 216 Å². The summed E-state index contributed by atoms with van der Waals surface area (Å²) in [6.07, 6.45) is -0.899. The zero-order chi connectivity index (χ0) is 30.0. The third-order valence-corrected chi connectivity index (χ3v) is 5.52. The Balaban J connectivity index is 1.34. The summed E-state index contributed by atoms with van der Waals surface area (Å²) in [5, 5.41) is 15.9. The molecule has 0 aromatic carbocycles. The van der Waals surface area contributed by atoms with Crippen molar-refractivity contribution in [2.45, 2.75) is 57.6 Å². The first-order chi connectivity index (χ1) is 19.7. The number of hydrogen-bond donors (Lipinski definition) is 3. The molecule has 0 spiro atoms. The predicted octanol–water partition coefficient (Wildman–Crippen LogP) is -2.16. The van der Waals surface area contributed by atoms with Gasteiger partial charge in [-0.3, -0.25) is 24.0 Å². The maximum absolute atomic E-state index is 11.8. The van der Waals surface area contributed by atoms with Gasteiger partial charge in [-0.05, 0) is 0 Å². The first kappa shape index (κ1) is 33.5. The van der Waals surface area contributed by atoms with Crippen molar-refractivity contribution >= 4 is 41.5 Å². The van der Waals surface area contributed by atoms with Gasteiger partial charge in [0.1, 0.15) is 0 Å². The Kier molecular flexibility index (Phi) is 15.2. The summed E-state index contributed by atoms with van der Waals surface area (Å²) in [4.78, 5) is 90.5. The standard InChI is InChI=1S/C24H36N4O13/c29-17(25-9-15-38-13-7-23(35)40-27-19(31)1-2-20(27)32)5-11-37-12-6-18(30)26-10-16-39-14-8-24(36)41-28-21(33)3-4-22(28)34/h19,31H,1-16H2,(H,25,29)(H,26,30). The number of carbonyl (C=O) groups excluding carboxylic acids is 7. The van der Waals surface area contributed by atoms with Gasteiger partial charge in [0.05, 0.1) is 52.5 Å². The lowest BCUT2D eigenvalue weighted by molar-refractivity contribution is -0.221. The van der Waals surface area contributed by atoms with Gasteiger partial charge in [0.15, 0.2) is 6.23 Å². The average molecular weight is 589 g/mol. The van der Waals surface area contributed by atoms with Gasteiger partial charge >= 0.3 is 11.9 Å². The van der Waals surface area contributed by atoms with E-state index in [2.05, 4.69) is 10.6 Å². The van der Waals surface area contributed by atoms with Gasteiger partial charge in [0.2, 0.25) is 11.8 Å². The molecule has 0 aromatic rings. The molecule has 2 heterocycles. The molecule has 0 aliphatic carbocycles. The lowest BCUT2D eigenvalue weighted by Gasteiger charge is -2.18. The molecule has 1 atom stereocenters. The maximum atomic E-state index is 11.8. The van der Waals surface area contributed by atoms with Crippen LogP contribution < -0.4 is 10.6 Å². The van der Waals surface area contributed by atoms with Crippen molar-refractivity contribution in [1.82, 2.24) is 20.8 Å². The van der Waals surface area contributed by atoms with Crippen LogP contribution in [0.3, 0.4) is 0 Å². The molecule has 2 rings (SSSR count). The summed E-state index contributed by atoms with van der Waals surface area (Å²) in [6, 6.07) is 0. The first-order valence-electron chi connectivity index (χ1n) is 13.2. The second kappa shape index (κ2) is 18.6. The monoisotopic (exact) mass is 588 g/mol. The molecule has 0 radical (unpaired) electrons. The highest BCUT2D eigenvalue weighted by atomic mass is 16.7. The summed E-state index contributed by atoms with van der Waals surface area (Å²) < 4.78 is 15.7. The van der Waals surface area contributed by atoms with Crippen LogP contribution in [0.4, 0.5) is 0 Å². The van der Waals surface area contributed by atoms with Crippen molar-refractivity contribution in [3.05, 3.63) is 0 Å². The number of amides is 5.